The lowest BCUT2D eigenvalue weighted by Gasteiger charge is -2.37. The molecule has 636 valence electrons. The van der Waals surface area contributed by atoms with Gasteiger partial charge < -0.3 is 50.8 Å². The average molecular weight is 1800 g/mol. The van der Waals surface area contributed by atoms with Gasteiger partial charge in [0.05, 0.1) is 64.0 Å². The third-order valence-corrected chi connectivity index (χ3v) is 27.8. The van der Waals surface area contributed by atoms with E-state index in [0.717, 1.165) is 126 Å². The van der Waals surface area contributed by atoms with E-state index in [9.17, 15) is 55.1 Å². The molecule has 6 amide bonds. The number of para-hydroxylation sites is 4. The predicted molar refractivity (Wildman–Crippen MR) is 470 cm³/mol. The number of benzene rings is 4. The summed E-state index contributed by atoms with van der Waals surface area (Å²) in [5.74, 6) is -0.517. The standard InChI is InChI=1S/C22H22F3N3O3S2.C22H25N3O3S2.C20H20F3N3O2S2.C20H23N3O2S2/c1-11(29)26-18-15(19-27-13-7-5-6-8-14(13)32-19)12-9-10-28(20(30)31-21(2,3)4)17(16(12)33-18)22(23,24)25;1-12-10-14-17(11-25(12)21(27)28-22(3,4)5)30-19(23-13(2)26)18(14)20-24-15-8-6-7-9-16(15)29-20;1-19(2,3)28-18(27)26-9-8-10-13(16(24)30-14(10)15(26)20(21,22)23)17-25-11-6-4-5-7-12(11)29-17;1-11-9-12-15(10-23(11)19(24)25-20(2,3)4)26-17(21)16(12)18-22-13-7-5-6-8-14(13)27-18/h5-8,17H,9-10H2,1-4H3,(H,26,29);6-9,12H,10-11H2,1-5H3,(H,23,26);4-7,15H,8-9,24H2,1-3H3;5-8,11H,9-10,21H2,1-4H3. The quantitative estimate of drug-likeness (QED) is 0.0889. The summed E-state index contributed by atoms with van der Waals surface area (Å²) in [7, 11) is 0. The molecule has 8 aromatic heterocycles. The Bertz CT molecular complexity index is 5780. The first-order valence-electron chi connectivity index (χ1n) is 38.4. The Balaban J connectivity index is 0.000000139. The highest BCUT2D eigenvalue weighted by molar-refractivity contribution is 7.24. The highest BCUT2D eigenvalue weighted by Crippen LogP contribution is 2.56. The average Bonchev–Trinajstić information content (AvgIpc) is 1.58. The molecular weight excluding hydrogens is 1710 g/mol. The van der Waals surface area contributed by atoms with Crippen LogP contribution in [0.2, 0.25) is 0 Å². The zero-order valence-corrected chi connectivity index (χ0v) is 75.1. The topological polar surface area (TPSA) is 280 Å². The summed E-state index contributed by atoms with van der Waals surface area (Å²) in [4.78, 5) is 100. The van der Waals surface area contributed by atoms with E-state index in [2.05, 4.69) is 39.7 Å². The Hall–Kier alpha value is -9.56. The van der Waals surface area contributed by atoms with Crippen molar-refractivity contribution in [2.75, 3.05) is 35.2 Å². The van der Waals surface area contributed by atoms with Gasteiger partial charge in [-0.05, 0) is 193 Å². The number of thiophene rings is 4. The molecule has 4 unspecified atom stereocenters. The van der Waals surface area contributed by atoms with E-state index in [1.54, 1.807) is 85.4 Å². The van der Waals surface area contributed by atoms with Crippen LogP contribution in [-0.4, -0.2) is 136 Å². The van der Waals surface area contributed by atoms with Crippen LogP contribution in [0.4, 0.5) is 65.5 Å². The molecule has 36 heteroatoms. The number of carbonyl (C=O) groups excluding carboxylic acids is 6. The second kappa shape index (κ2) is 34.0. The second-order valence-corrected chi connectivity index (χ2v) is 41.7. The smallest absolute Gasteiger partial charge is 0.413 e. The highest BCUT2D eigenvalue weighted by Gasteiger charge is 2.54. The third kappa shape index (κ3) is 19.6. The molecule has 22 nitrogen and oxygen atoms in total. The zero-order valence-electron chi connectivity index (χ0n) is 68.6. The lowest BCUT2D eigenvalue weighted by molar-refractivity contribution is -0.184. The van der Waals surface area contributed by atoms with Crippen LogP contribution in [0.15, 0.2) is 97.1 Å². The molecule has 12 aromatic rings. The number of nitrogen functional groups attached to an aromatic ring is 2. The molecule has 120 heavy (non-hydrogen) atoms. The number of hydrogen-bond acceptors (Lipinski definition) is 24. The van der Waals surface area contributed by atoms with Crippen LogP contribution in [0.25, 0.3) is 83.2 Å². The first-order chi connectivity index (χ1) is 56.1. The van der Waals surface area contributed by atoms with Gasteiger partial charge in [-0.15, -0.1) is 90.7 Å². The molecule has 0 saturated carbocycles. The summed E-state index contributed by atoms with van der Waals surface area (Å²) in [5.41, 5.74) is 19.6. The lowest BCUT2D eigenvalue weighted by atomic mass is 9.97. The molecule has 0 radical (unpaired) electrons. The molecule has 4 aliphatic heterocycles. The number of nitrogens with two attached hydrogens (primary N) is 2. The van der Waals surface area contributed by atoms with Gasteiger partial charge in [0.15, 0.2) is 12.1 Å². The second-order valence-electron chi connectivity index (χ2n) is 33.2. The summed E-state index contributed by atoms with van der Waals surface area (Å²) in [6, 6.07) is 26.9. The van der Waals surface area contributed by atoms with Crippen molar-refractivity contribution >= 4 is 188 Å². The number of fused-ring (bicyclic) bond motifs is 8. The van der Waals surface area contributed by atoms with Gasteiger partial charge in [0.2, 0.25) is 11.8 Å². The minimum Gasteiger partial charge on any atom is -0.444 e. The van der Waals surface area contributed by atoms with Gasteiger partial charge in [-0.25, -0.2) is 39.1 Å². The number of nitrogens with one attached hydrogen (secondary N) is 2. The number of rotatable bonds is 6. The zero-order chi connectivity index (χ0) is 86.9. The van der Waals surface area contributed by atoms with Gasteiger partial charge in [0, 0.05) is 80.8 Å². The molecule has 4 aliphatic rings. The van der Waals surface area contributed by atoms with Crippen molar-refractivity contribution in [3.8, 4) is 42.3 Å². The number of hydrogen-bond donors (Lipinski definition) is 4. The van der Waals surface area contributed by atoms with Crippen molar-refractivity contribution in [1.82, 2.24) is 39.5 Å². The molecule has 0 spiro atoms. The first kappa shape index (κ1) is 88.2. The van der Waals surface area contributed by atoms with Gasteiger partial charge in [0.1, 0.15) is 52.4 Å². The maximum absolute atomic E-state index is 14.3. The van der Waals surface area contributed by atoms with Crippen molar-refractivity contribution in [1.29, 1.82) is 0 Å². The van der Waals surface area contributed by atoms with Gasteiger partial charge in [-0.2, -0.15) is 26.3 Å². The van der Waals surface area contributed by atoms with Crippen LogP contribution in [-0.2, 0) is 67.3 Å². The van der Waals surface area contributed by atoms with Crippen molar-refractivity contribution < 1.29 is 74.1 Å². The number of anilines is 4. The van der Waals surface area contributed by atoms with Crippen molar-refractivity contribution in [3.63, 3.8) is 0 Å². The Morgan fingerprint density at radius 1 is 0.392 bits per heavy atom. The predicted octanol–water partition coefficient (Wildman–Crippen LogP) is 23.3. The first-order valence-corrected chi connectivity index (χ1v) is 44.9. The van der Waals surface area contributed by atoms with Gasteiger partial charge >= 0.3 is 36.7 Å². The minimum absolute atomic E-state index is 0.0137. The maximum atomic E-state index is 14.3. The number of alkyl halides is 6. The van der Waals surface area contributed by atoms with Crippen LogP contribution >= 0.6 is 90.7 Å². The van der Waals surface area contributed by atoms with Crippen LogP contribution < -0.4 is 22.1 Å². The van der Waals surface area contributed by atoms with Crippen molar-refractivity contribution in [2.24, 2.45) is 0 Å². The van der Waals surface area contributed by atoms with E-state index in [0.29, 0.717) is 56.8 Å². The van der Waals surface area contributed by atoms with Gasteiger partial charge in [-0.1, -0.05) is 48.5 Å². The Kier molecular flexibility index (Phi) is 25.0. The van der Waals surface area contributed by atoms with E-state index < -0.39 is 64.9 Å². The van der Waals surface area contributed by atoms with Crippen LogP contribution in [0.3, 0.4) is 0 Å². The molecule has 4 atom stereocenters. The number of nitrogens with zero attached hydrogens (tertiary/aromatic N) is 8. The van der Waals surface area contributed by atoms with Gasteiger partial charge in [-0.3, -0.25) is 19.4 Å². The maximum Gasteiger partial charge on any atom is 0.413 e. The minimum atomic E-state index is -4.73. The summed E-state index contributed by atoms with van der Waals surface area (Å²) in [6.07, 6.45) is -10.1. The molecule has 12 heterocycles. The largest absolute Gasteiger partial charge is 0.444 e. The summed E-state index contributed by atoms with van der Waals surface area (Å²) in [5, 5.41) is 10.8. The Morgan fingerprint density at radius 2 is 0.675 bits per heavy atom. The molecule has 16 rings (SSSR count). The van der Waals surface area contributed by atoms with E-state index in [1.807, 2.05) is 133 Å². The molecule has 0 aliphatic carbocycles. The van der Waals surface area contributed by atoms with Gasteiger partial charge in [0.25, 0.3) is 0 Å². The van der Waals surface area contributed by atoms with Crippen LogP contribution in [0.1, 0.15) is 165 Å². The number of ether oxygens (including phenoxy) is 4. The van der Waals surface area contributed by atoms with E-state index >= 15 is 0 Å². The van der Waals surface area contributed by atoms with E-state index in [4.69, 9.17) is 40.4 Å². The number of thiazole rings is 4. The fourth-order valence-electron chi connectivity index (χ4n) is 14.2. The molecule has 6 N–H and O–H groups in total. The number of amides is 6. The number of halogens is 6. The molecule has 0 saturated heterocycles. The van der Waals surface area contributed by atoms with Crippen molar-refractivity contribution in [3.05, 3.63) is 139 Å². The van der Waals surface area contributed by atoms with E-state index in [1.165, 1.54) is 53.4 Å². The van der Waals surface area contributed by atoms with E-state index in [-0.39, 0.29) is 70.9 Å². The van der Waals surface area contributed by atoms with Crippen molar-refractivity contribution in [2.45, 2.75) is 208 Å². The normalized spacial score (nSPS) is 16.9. The Morgan fingerprint density at radius 3 is 1.02 bits per heavy atom. The highest BCUT2D eigenvalue weighted by atomic mass is 32.1. The lowest BCUT2D eigenvalue weighted by Crippen LogP contribution is -2.47. The third-order valence-electron chi connectivity index (χ3n) is 19.1. The summed E-state index contributed by atoms with van der Waals surface area (Å²) >= 11 is 10.8. The molecule has 0 fully saturated rings. The van der Waals surface area contributed by atoms with Crippen LogP contribution in [0, 0.1) is 0 Å². The molecular formula is C84H90F6N12O10S8. The summed E-state index contributed by atoms with van der Waals surface area (Å²) in [6.45, 7) is 28.6. The fraction of sp³-hybridized carbons (Fsp3) is 0.405. The Labute approximate surface area is 720 Å². The number of carbonyl (C=O) groups is 6. The molecule has 4 aromatic carbocycles. The summed E-state index contributed by atoms with van der Waals surface area (Å²) < 4.78 is 111. The SMILES string of the molecule is CC(=O)Nc1sc2c(c1-c1nc3ccccc3s1)CC(C)N(C(=O)OC(C)(C)C)C2.CC(=O)Nc1sc2c(c1-c1nc3ccccc3s1)CCN(C(=O)OC(C)(C)C)C2C(F)(F)F.CC(C)(C)OC(=O)N1CCc2c(sc(N)c2-c2nc3ccccc3s2)C1C(F)(F)F.CC1Cc2c(sc(N)c2-c2nc3ccccc3s2)CN1C(=O)OC(C)(C)C. The monoisotopic (exact) mass is 1800 g/mol. The fourth-order valence-corrected chi connectivity index (χ4v) is 23.8. The van der Waals surface area contributed by atoms with Crippen LogP contribution in [0.5, 0.6) is 0 Å². The number of aromatic nitrogens is 4. The molecule has 0 bridgehead atoms.